The van der Waals surface area contributed by atoms with Crippen molar-refractivity contribution >= 4 is 11.6 Å². The van der Waals surface area contributed by atoms with Crippen LogP contribution in [0.2, 0.25) is 0 Å². The highest BCUT2D eigenvalue weighted by Crippen LogP contribution is 2.40. The van der Waals surface area contributed by atoms with Gasteiger partial charge in [-0.3, -0.25) is 4.79 Å². The maximum atomic E-state index is 13.3. The Kier molecular flexibility index (Phi) is 6.26. The first-order chi connectivity index (χ1) is 14.5. The standard InChI is InChI=1S/C28H33NO2/c1-27(2,3)22-17-21(18-23(25(22)30)28(4,5)6)26(31)29-24-15-11-10-14-20(24)16-19-12-8-7-9-13-19/h7-15,17-18,30H,16H2,1-6H3,(H,29,31). The van der Waals surface area contributed by atoms with Gasteiger partial charge in [-0.25, -0.2) is 0 Å². The molecule has 0 atom stereocenters. The molecule has 0 saturated carbocycles. The average molecular weight is 416 g/mol. The van der Waals surface area contributed by atoms with Crippen molar-refractivity contribution in [2.75, 3.05) is 5.32 Å². The molecule has 3 aromatic rings. The van der Waals surface area contributed by atoms with Crippen molar-refractivity contribution in [3.8, 4) is 5.75 Å². The molecule has 0 saturated heterocycles. The molecular weight excluding hydrogens is 382 g/mol. The van der Waals surface area contributed by atoms with Crippen molar-refractivity contribution in [3.63, 3.8) is 0 Å². The van der Waals surface area contributed by atoms with Crippen molar-refractivity contribution in [2.24, 2.45) is 0 Å². The van der Waals surface area contributed by atoms with Gasteiger partial charge in [-0.05, 0) is 46.6 Å². The lowest BCUT2D eigenvalue weighted by atomic mass is 9.78. The van der Waals surface area contributed by atoms with E-state index in [4.69, 9.17) is 0 Å². The molecule has 0 spiro atoms. The molecule has 0 radical (unpaired) electrons. The minimum absolute atomic E-state index is 0.170. The van der Waals surface area contributed by atoms with Crippen LogP contribution >= 0.6 is 0 Å². The number of nitrogens with one attached hydrogen (secondary N) is 1. The Balaban J connectivity index is 1.98. The van der Waals surface area contributed by atoms with E-state index in [0.29, 0.717) is 5.56 Å². The van der Waals surface area contributed by atoms with E-state index in [-0.39, 0.29) is 22.5 Å². The molecule has 0 fully saturated rings. The van der Waals surface area contributed by atoms with Crippen LogP contribution in [0, 0.1) is 0 Å². The molecular formula is C28H33NO2. The fraction of sp³-hybridized carbons (Fsp3) is 0.321. The van der Waals surface area contributed by atoms with Gasteiger partial charge in [0, 0.05) is 22.4 Å². The minimum Gasteiger partial charge on any atom is -0.507 e. The molecule has 3 rings (SSSR count). The summed E-state index contributed by atoms with van der Waals surface area (Å²) >= 11 is 0. The first kappa shape index (κ1) is 22.6. The second-order valence-electron chi connectivity index (χ2n) is 10.2. The molecule has 3 aromatic carbocycles. The number of para-hydroxylation sites is 1. The van der Waals surface area contributed by atoms with Crippen LogP contribution < -0.4 is 5.32 Å². The monoisotopic (exact) mass is 415 g/mol. The maximum Gasteiger partial charge on any atom is 0.255 e. The summed E-state index contributed by atoms with van der Waals surface area (Å²) in [7, 11) is 0. The average Bonchev–Trinajstić information content (AvgIpc) is 2.68. The summed E-state index contributed by atoms with van der Waals surface area (Å²) in [6.07, 6.45) is 0.743. The van der Waals surface area contributed by atoms with E-state index in [9.17, 15) is 9.90 Å². The zero-order chi connectivity index (χ0) is 22.8. The smallest absolute Gasteiger partial charge is 0.255 e. The highest BCUT2D eigenvalue weighted by atomic mass is 16.3. The highest BCUT2D eigenvalue weighted by molar-refractivity contribution is 6.05. The number of hydrogen-bond acceptors (Lipinski definition) is 2. The lowest BCUT2D eigenvalue weighted by Gasteiger charge is -2.28. The van der Waals surface area contributed by atoms with E-state index >= 15 is 0 Å². The Hall–Kier alpha value is -3.07. The maximum absolute atomic E-state index is 13.3. The minimum atomic E-state index is -0.286. The summed E-state index contributed by atoms with van der Waals surface area (Å²) in [6.45, 7) is 12.3. The number of rotatable bonds is 4. The SMILES string of the molecule is CC(C)(C)c1cc(C(=O)Nc2ccccc2Cc2ccccc2)cc(C(C)(C)C)c1O. The zero-order valence-corrected chi connectivity index (χ0v) is 19.4. The highest BCUT2D eigenvalue weighted by Gasteiger charge is 2.28. The van der Waals surface area contributed by atoms with Crippen molar-refractivity contribution in [1.82, 2.24) is 0 Å². The van der Waals surface area contributed by atoms with Gasteiger partial charge in [-0.15, -0.1) is 0 Å². The largest absolute Gasteiger partial charge is 0.507 e. The number of carbonyl (C=O) groups is 1. The second kappa shape index (κ2) is 8.58. The molecule has 162 valence electrons. The van der Waals surface area contributed by atoms with Crippen LogP contribution in [-0.4, -0.2) is 11.0 Å². The number of phenols is 1. The third-order valence-corrected chi connectivity index (χ3v) is 5.49. The Labute approximate surface area is 186 Å². The predicted molar refractivity (Wildman–Crippen MR) is 129 cm³/mol. The van der Waals surface area contributed by atoms with Crippen LogP contribution in [0.1, 0.15) is 74.2 Å². The van der Waals surface area contributed by atoms with E-state index in [1.165, 1.54) is 5.56 Å². The van der Waals surface area contributed by atoms with Gasteiger partial charge in [-0.1, -0.05) is 90.1 Å². The Bertz CT molecular complexity index is 1040. The fourth-order valence-corrected chi connectivity index (χ4v) is 3.72. The molecule has 0 aliphatic heterocycles. The molecule has 0 heterocycles. The van der Waals surface area contributed by atoms with E-state index < -0.39 is 0 Å². The van der Waals surface area contributed by atoms with Crippen LogP contribution in [0.15, 0.2) is 66.7 Å². The molecule has 2 N–H and O–H groups in total. The summed E-state index contributed by atoms with van der Waals surface area (Å²) < 4.78 is 0. The van der Waals surface area contributed by atoms with E-state index in [2.05, 4.69) is 17.4 Å². The summed E-state index contributed by atoms with van der Waals surface area (Å²) in [5.41, 5.74) is 4.61. The molecule has 0 aromatic heterocycles. The van der Waals surface area contributed by atoms with E-state index in [1.54, 1.807) is 0 Å². The van der Waals surface area contributed by atoms with Gasteiger partial charge in [0.05, 0.1) is 0 Å². The summed E-state index contributed by atoms with van der Waals surface area (Å²) in [5.74, 6) is 0.109. The quantitative estimate of drug-likeness (QED) is 0.490. The molecule has 0 bridgehead atoms. The first-order valence-corrected chi connectivity index (χ1v) is 10.8. The topological polar surface area (TPSA) is 49.3 Å². The summed E-state index contributed by atoms with van der Waals surface area (Å²) in [5, 5.41) is 14.0. The number of amides is 1. The van der Waals surface area contributed by atoms with Crippen LogP contribution in [0.4, 0.5) is 5.69 Å². The normalized spacial score (nSPS) is 11.9. The third kappa shape index (κ3) is 5.35. The summed E-state index contributed by atoms with van der Waals surface area (Å²) in [6, 6.07) is 21.8. The van der Waals surface area contributed by atoms with Gasteiger partial charge in [0.2, 0.25) is 0 Å². The van der Waals surface area contributed by atoms with E-state index in [1.807, 2.05) is 96.1 Å². The zero-order valence-electron chi connectivity index (χ0n) is 19.4. The van der Waals surface area contributed by atoms with Gasteiger partial charge in [0.25, 0.3) is 5.91 Å². The summed E-state index contributed by atoms with van der Waals surface area (Å²) in [4.78, 5) is 13.3. The molecule has 0 aliphatic rings. The fourth-order valence-electron chi connectivity index (χ4n) is 3.72. The molecule has 0 aliphatic carbocycles. The lowest BCUT2D eigenvalue weighted by Crippen LogP contribution is -2.21. The molecule has 3 heteroatoms. The van der Waals surface area contributed by atoms with Gasteiger partial charge in [0.1, 0.15) is 5.75 Å². The molecule has 3 nitrogen and oxygen atoms in total. The Morgan fingerprint density at radius 3 is 1.87 bits per heavy atom. The van der Waals surface area contributed by atoms with Crippen LogP contribution in [0.3, 0.4) is 0 Å². The van der Waals surface area contributed by atoms with Gasteiger partial charge in [0.15, 0.2) is 0 Å². The Morgan fingerprint density at radius 2 is 1.32 bits per heavy atom. The van der Waals surface area contributed by atoms with Crippen LogP contribution in [0.5, 0.6) is 5.75 Å². The predicted octanol–water partition coefficient (Wildman–Crippen LogP) is 6.83. The van der Waals surface area contributed by atoms with E-state index in [0.717, 1.165) is 28.8 Å². The third-order valence-electron chi connectivity index (χ3n) is 5.49. The van der Waals surface area contributed by atoms with Crippen molar-refractivity contribution < 1.29 is 9.90 Å². The van der Waals surface area contributed by atoms with Crippen molar-refractivity contribution in [3.05, 3.63) is 94.5 Å². The molecule has 0 unspecified atom stereocenters. The van der Waals surface area contributed by atoms with Gasteiger partial charge >= 0.3 is 0 Å². The van der Waals surface area contributed by atoms with Crippen LogP contribution in [0.25, 0.3) is 0 Å². The van der Waals surface area contributed by atoms with Gasteiger partial charge < -0.3 is 10.4 Å². The number of benzene rings is 3. The Morgan fingerprint density at radius 1 is 0.806 bits per heavy atom. The number of aromatic hydroxyl groups is 1. The molecule has 31 heavy (non-hydrogen) atoms. The lowest BCUT2D eigenvalue weighted by molar-refractivity contribution is 0.102. The first-order valence-electron chi connectivity index (χ1n) is 10.8. The number of anilines is 1. The van der Waals surface area contributed by atoms with Crippen LogP contribution in [-0.2, 0) is 17.3 Å². The molecule has 1 amide bonds. The van der Waals surface area contributed by atoms with Gasteiger partial charge in [-0.2, -0.15) is 0 Å². The van der Waals surface area contributed by atoms with Crippen molar-refractivity contribution in [2.45, 2.75) is 58.8 Å². The number of phenolic OH excluding ortho intramolecular Hbond substituents is 1. The second-order valence-corrected chi connectivity index (χ2v) is 10.2. The number of carbonyl (C=O) groups excluding carboxylic acids is 1. The number of hydrogen-bond donors (Lipinski definition) is 2. The van der Waals surface area contributed by atoms with Crippen molar-refractivity contribution in [1.29, 1.82) is 0 Å².